The van der Waals surface area contributed by atoms with Gasteiger partial charge in [0.15, 0.2) is 0 Å². The second-order valence-corrected chi connectivity index (χ2v) is 4.99. The van der Waals surface area contributed by atoms with Gasteiger partial charge < -0.3 is 5.11 Å². The summed E-state index contributed by atoms with van der Waals surface area (Å²) in [5.74, 6) is -0.489. The zero-order valence-electron chi connectivity index (χ0n) is 9.57. The van der Waals surface area contributed by atoms with Crippen LogP contribution in [0.15, 0.2) is 28.9 Å². The highest BCUT2D eigenvalue weighted by Crippen LogP contribution is 2.33. The zero-order chi connectivity index (χ0) is 13.3. The van der Waals surface area contributed by atoms with Crippen LogP contribution < -0.4 is 0 Å². The third kappa shape index (κ3) is 2.30. The van der Waals surface area contributed by atoms with Crippen LogP contribution in [-0.4, -0.2) is 14.9 Å². The number of hydrogen-bond acceptors (Lipinski definition) is 2. The van der Waals surface area contributed by atoms with Gasteiger partial charge in [0, 0.05) is 16.6 Å². The summed E-state index contributed by atoms with van der Waals surface area (Å²) in [6.07, 6.45) is 0.286. The number of aromatic nitrogens is 2. The Balaban J connectivity index is 2.54. The lowest BCUT2D eigenvalue weighted by Gasteiger charge is -2.15. The Morgan fingerprint density at radius 1 is 1.56 bits per heavy atom. The maximum atomic E-state index is 13.8. The van der Waals surface area contributed by atoms with E-state index in [1.54, 1.807) is 16.8 Å². The van der Waals surface area contributed by atoms with Crippen molar-refractivity contribution in [1.29, 1.82) is 0 Å². The zero-order valence-corrected chi connectivity index (χ0v) is 11.9. The number of nitrogens with zero attached hydrogens (tertiary/aromatic N) is 2. The van der Waals surface area contributed by atoms with E-state index in [1.807, 2.05) is 6.92 Å². The summed E-state index contributed by atoms with van der Waals surface area (Å²) < 4.78 is 15.8. The van der Waals surface area contributed by atoms with E-state index in [1.165, 1.54) is 12.3 Å². The fourth-order valence-electron chi connectivity index (χ4n) is 1.80. The van der Waals surface area contributed by atoms with Crippen molar-refractivity contribution >= 4 is 27.5 Å². The first-order valence-electron chi connectivity index (χ1n) is 5.39. The van der Waals surface area contributed by atoms with Gasteiger partial charge in [-0.3, -0.25) is 4.68 Å². The van der Waals surface area contributed by atoms with Crippen molar-refractivity contribution in [1.82, 2.24) is 9.78 Å². The van der Waals surface area contributed by atoms with Gasteiger partial charge in [-0.25, -0.2) is 4.39 Å². The molecular formula is C12H11BrClFN2O. The molecular weight excluding hydrogens is 322 g/mol. The smallest absolute Gasteiger partial charge is 0.130 e. The van der Waals surface area contributed by atoms with Crippen LogP contribution in [0.4, 0.5) is 4.39 Å². The molecule has 2 rings (SSSR count). The van der Waals surface area contributed by atoms with Crippen molar-refractivity contribution in [3.8, 4) is 0 Å². The molecule has 1 heterocycles. The summed E-state index contributed by atoms with van der Waals surface area (Å²) in [5, 5.41) is 14.7. The second kappa shape index (κ2) is 5.38. The normalized spacial score (nSPS) is 12.7. The number of aryl methyl sites for hydroxylation is 1. The van der Waals surface area contributed by atoms with Crippen LogP contribution in [-0.2, 0) is 6.54 Å². The van der Waals surface area contributed by atoms with Crippen molar-refractivity contribution < 1.29 is 9.50 Å². The topological polar surface area (TPSA) is 38.0 Å². The Hall–Kier alpha value is -0.910. The summed E-state index contributed by atoms with van der Waals surface area (Å²) in [5.41, 5.74) is 0.555. The number of hydrogen-bond donors (Lipinski definition) is 1. The van der Waals surface area contributed by atoms with Gasteiger partial charge in [0.05, 0.1) is 16.9 Å². The van der Waals surface area contributed by atoms with Crippen molar-refractivity contribution in [2.45, 2.75) is 19.6 Å². The van der Waals surface area contributed by atoms with Gasteiger partial charge in [0.1, 0.15) is 11.9 Å². The van der Waals surface area contributed by atoms with E-state index in [4.69, 9.17) is 11.6 Å². The van der Waals surface area contributed by atoms with E-state index in [9.17, 15) is 9.50 Å². The first-order valence-corrected chi connectivity index (χ1v) is 6.56. The molecule has 6 heteroatoms. The molecule has 0 aliphatic carbocycles. The van der Waals surface area contributed by atoms with E-state index < -0.39 is 11.9 Å². The fourth-order valence-corrected chi connectivity index (χ4v) is 2.61. The van der Waals surface area contributed by atoms with E-state index in [0.717, 1.165) is 0 Å². The van der Waals surface area contributed by atoms with Crippen LogP contribution in [0.5, 0.6) is 0 Å². The average molecular weight is 334 g/mol. The number of halogens is 3. The Kier molecular flexibility index (Phi) is 4.04. The maximum absolute atomic E-state index is 13.8. The highest BCUT2D eigenvalue weighted by Gasteiger charge is 2.24. The second-order valence-electron chi connectivity index (χ2n) is 3.73. The molecule has 0 bridgehead atoms. The first-order chi connectivity index (χ1) is 8.56. The SMILES string of the molecule is CCn1ncc(Cl)c1C(O)c1c(F)cccc1Br. The molecule has 0 saturated carbocycles. The average Bonchev–Trinajstić information content (AvgIpc) is 2.70. The molecule has 3 nitrogen and oxygen atoms in total. The summed E-state index contributed by atoms with van der Waals surface area (Å²) in [7, 11) is 0. The van der Waals surface area contributed by atoms with Gasteiger partial charge in [-0.15, -0.1) is 0 Å². The minimum atomic E-state index is -1.16. The van der Waals surface area contributed by atoms with Crippen LogP contribution in [0, 0.1) is 5.82 Å². The molecule has 96 valence electrons. The Morgan fingerprint density at radius 2 is 2.28 bits per heavy atom. The maximum Gasteiger partial charge on any atom is 0.130 e. The minimum absolute atomic E-state index is 0.162. The molecule has 0 amide bonds. The Labute approximate surface area is 117 Å². The molecule has 1 aromatic heterocycles. The number of benzene rings is 1. The van der Waals surface area contributed by atoms with Crippen molar-refractivity contribution in [2.24, 2.45) is 0 Å². The molecule has 0 radical (unpaired) electrons. The molecule has 1 N–H and O–H groups in total. The van der Waals surface area contributed by atoms with Crippen LogP contribution in [0.25, 0.3) is 0 Å². The number of aliphatic hydroxyl groups excluding tert-OH is 1. The number of rotatable bonds is 3. The van der Waals surface area contributed by atoms with Gasteiger partial charge in [-0.05, 0) is 19.1 Å². The molecule has 1 aromatic carbocycles. The first kappa shape index (κ1) is 13.5. The van der Waals surface area contributed by atoms with E-state index in [0.29, 0.717) is 21.7 Å². The molecule has 1 atom stereocenters. The van der Waals surface area contributed by atoms with Gasteiger partial charge in [-0.1, -0.05) is 33.6 Å². The summed E-state index contributed by atoms with van der Waals surface area (Å²) in [6, 6.07) is 4.53. The quantitative estimate of drug-likeness (QED) is 0.933. The molecule has 1 unspecified atom stereocenters. The largest absolute Gasteiger partial charge is 0.382 e. The summed E-state index contributed by atoms with van der Waals surface area (Å²) in [4.78, 5) is 0. The predicted octanol–water partition coefficient (Wildman–Crippen LogP) is 3.54. The summed E-state index contributed by atoms with van der Waals surface area (Å²) >= 11 is 9.22. The molecule has 0 aliphatic rings. The molecule has 0 spiro atoms. The van der Waals surface area contributed by atoms with Crippen molar-refractivity contribution in [2.75, 3.05) is 0 Å². The molecule has 0 aliphatic heterocycles. The van der Waals surface area contributed by atoms with E-state index >= 15 is 0 Å². The fraction of sp³-hybridized carbons (Fsp3) is 0.250. The minimum Gasteiger partial charge on any atom is -0.382 e. The Bertz CT molecular complexity index is 553. The van der Waals surface area contributed by atoms with E-state index in [-0.39, 0.29) is 5.56 Å². The number of aliphatic hydroxyl groups is 1. The highest BCUT2D eigenvalue weighted by molar-refractivity contribution is 9.10. The van der Waals surface area contributed by atoms with Crippen molar-refractivity contribution in [3.63, 3.8) is 0 Å². The van der Waals surface area contributed by atoms with Gasteiger partial charge in [-0.2, -0.15) is 5.10 Å². The Morgan fingerprint density at radius 3 is 2.89 bits per heavy atom. The highest BCUT2D eigenvalue weighted by atomic mass is 79.9. The van der Waals surface area contributed by atoms with Crippen LogP contribution in [0.2, 0.25) is 5.02 Å². The van der Waals surface area contributed by atoms with Crippen LogP contribution >= 0.6 is 27.5 Å². The van der Waals surface area contributed by atoms with Crippen LogP contribution in [0.1, 0.15) is 24.3 Å². The van der Waals surface area contributed by atoms with Crippen LogP contribution in [0.3, 0.4) is 0 Å². The molecule has 0 fully saturated rings. The van der Waals surface area contributed by atoms with Gasteiger partial charge in [0.2, 0.25) is 0 Å². The lowest BCUT2D eigenvalue weighted by molar-refractivity contribution is 0.202. The third-order valence-electron chi connectivity index (χ3n) is 2.66. The van der Waals surface area contributed by atoms with Gasteiger partial charge >= 0.3 is 0 Å². The van der Waals surface area contributed by atoms with Crippen molar-refractivity contribution in [3.05, 3.63) is 51.0 Å². The lowest BCUT2D eigenvalue weighted by atomic mass is 10.1. The van der Waals surface area contributed by atoms with E-state index in [2.05, 4.69) is 21.0 Å². The lowest BCUT2D eigenvalue weighted by Crippen LogP contribution is -2.11. The predicted molar refractivity (Wildman–Crippen MR) is 71.1 cm³/mol. The molecule has 18 heavy (non-hydrogen) atoms. The third-order valence-corrected chi connectivity index (χ3v) is 3.65. The molecule has 2 aromatic rings. The summed E-state index contributed by atoms with van der Waals surface area (Å²) in [6.45, 7) is 2.42. The standard InChI is InChI=1S/C12H11BrClFN2O/c1-2-17-11(8(14)6-16-17)12(18)10-7(13)4-3-5-9(10)15/h3-6,12,18H,2H2,1H3. The monoisotopic (exact) mass is 332 g/mol. The van der Waals surface area contributed by atoms with Gasteiger partial charge in [0.25, 0.3) is 0 Å². The molecule has 0 saturated heterocycles.